The van der Waals surface area contributed by atoms with Crippen LogP contribution >= 0.6 is 11.3 Å². The van der Waals surface area contributed by atoms with Crippen molar-refractivity contribution in [2.45, 2.75) is 0 Å². The van der Waals surface area contributed by atoms with Crippen LogP contribution in [0.2, 0.25) is 0 Å². The minimum absolute atomic E-state index is 0.122. The first kappa shape index (κ1) is 22.4. The minimum atomic E-state index is -0.541. The number of rotatable bonds is 6. The highest BCUT2D eigenvalue weighted by Gasteiger charge is 2.21. The molecule has 0 radical (unpaired) electrons. The molecule has 37 heavy (non-hydrogen) atoms. The maximum Gasteiger partial charge on any atom is 0.324 e. The zero-order valence-corrected chi connectivity index (χ0v) is 19.9. The van der Waals surface area contributed by atoms with E-state index in [1.165, 1.54) is 12.1 Å². The number of carbonyl (C=O) groups excluding carboxylic acids is 1. The molecule has 2 aromatic carbocycles. The van der Waals surface area contributed by atoms with E-state index in [0.717, 1.165) is 17.0 Å². The molecule has 0 spiro atoms. The van der Waals surface area contributed by atoms with Gasteiger partial charge in [-0.15, -0.1) is 0 Å². The van der Waals surface area contributed by atoms with E-state index >= 15 is 0 Å². The lowest BCUT2D eigenvalue weighted by Gasteiger charge is -2.10. The molecule has 0 fully saturated rings. The Labute approximate surface area is 212 Å². The molecule has 0 aliphatic carbocycles. The number of thiophene rings is 1. The van der Waals surface area contributed by atoms with Crippen molar-refractivity contribution in [1.29, 1.82) is 0 Å². The summed E-state index contributed by atoms with van der Waals surface area (Å²) in [5.74, 6) is 1.84. The van der Waals surface area contributed by atoms with Gasteiger partial charge in [0.2, 0.25) is 6.79 Å². The van der Waals surface area contributed by atoms with Crippen LogP contribution in [0.15, 0.2) is 60.8 Å². The van der Waals surface area contributed by atoms with Crippen molar-refractivity contribution in [3.05, 3.63) is 75.8 Å². The van der Waals surface area contributed by atoms with Crippen molar-refractivity contribution in [3.63, 3.8) is 0 Å². The Bertz CT molecular complexity index is 1680. The Balaban J connectivity index is 1.47. The molecule has 1 aliphatic heterocycles. The monoisotopic (exact) mass is 516 g/mol. The first-order valence-electron chi connectivity index (χ1n) is 10.9. The van der Waals surface area contributed by atoms with Gasteiger partial charge in [0, 0.05) is 11.6 Å². The Hall–Kier alpha value is -5.04. The van der Waals surface area contributed by atoms with Crippen LogP contribution in [0.25, 0.3) is 28.1 Å². The van der Waals surface area contributed by atoms with E-state index in [9.17, 15) is 14.9 Å². The molecule has 6 rings (SSSR count). The molecule has 0 saturated heterocycles. The van der Waals surface area contributed by atoms with E-state index in [-0.39, 0.29) is 22.5 Å². The van der Waals surface area contributed by atoms with Crippen molar-refractivity contribution >= 4 is 39.1 Å². The number of amides is 1. The average molecular weight is 516 g/mol. The second kappa shape index (κ2) is 8.87. The van der Waals surface area contributed by atoms with Gasteiger partial charge in [-0.3, -0.25) is 14.9 Å². The van der Waals surface area contributed by atoms with E-state index in [1.807, 2.05) is 12.1 Å². The third-order valence-electron chi connectivity index (χ3n) is 5.60. The lowest BCUT2D eigenvalue weighted by atomic mass is 10.2. The fourth-order valence-corrected chi connectivity index (χ4v) is 4.51. The van der Waals surface area contributed by atoms with Gasteiger partial charge in [-0.05, 0) is 48.5 Å². The number of anilines is 1. The van der Waals surface area contributed by atoms with E-state index < -0.39 is 10.8 Å². The molecule has 0 bridgehead atoms. The summed E-state index contributed by atoms with van der Waals surface area (Å²) in [5, 5.41) is 18.6. The summed E-state index contributed by atoms with van der Waals surface area (Å²) in [5.41, 5.74) is 1.80. The maximum atomic E-state index is 13.0. The van der Waals surface area contributed by atoms with Gasteiger partial charge in [0.25, 0.3) is 5.91 Å². The molecule has 13 heteroatoms. The number of fused-ring (bicyclic) bond motifs is 2. The second-order valence-electron chi connectivity index (χ2n) is 7.80. The standard InChI is InChI=1S/C24H16N6O6S/c1-34-15-5-3-14(4-6-15)29-23-16(11-25-29)22(28-24(31)19-8-9-20(37-19)30(32)33)26-21(27-23)13-2-7-17-18(10-13)36-12-35-17/h2-11H,12H2,1H3,(H,26,27,28,31). The van der Waals surface area contributed by atoms with E-state index in [1.54, 1.807) is 48.3 Å². The van der Waals surface area contributed by atoms with Gasteiger partial charge in [-0.1, -0.05) is 11.3 Å². The predicted molar refractivity (Wildman–Crippen MR) is 134 cm³/mol. The minimum Gasteiger partial charge on any atom is -0.497 e. The molecular weight excluding hydrogens is 500 g/mol. The molecule has 4 heterocycles. The molecule has 3 aromatic heterocycles. The summed E-state index contributed by atoms with van der Waals surface area (Å²) >= 11 is 0.776. The number of nitro groups is 1. The number of carbonyl (C=O) groups is 1. The largest absolute Gasteiger partial charge is 0.497 e. The summed E-state index contributed by atoms with van der Waals surface area (Å²) in [4.78, 5) is 33.0. The van der Waals surface area contributed by atoms with Crippen LogP contribution in [0.4, 0.5) is 10.8 Å². The van der Waals surface area contributed by atoms with Gasteiger partial charge in [0.1, 0.15) is 11.6 Å². The lowest BCUT2D eigenvalue weighted by molar-refractivity contribution is -0.380. The van der Waals surface area contributed by atoms with Gasteiger partial charge in [0.05, 0.1) is 34.2 Å². The van der Waals surface area contributed by atoms with Crippen molar-refractivity contribution in [3.8, 4) is 34.3 Å². The van der Waals surface area contributed by atoms with Crippen LogP contribution in [-0.2, 0) is 0 Å². The smallest absolute Gasteiger partial charge is 0.324 e. The van der Waals surface area contributed by atoms with Crippen molar-refractivity contribution in [2.75, 3.05) is 19.2 Å². The molecule has 1 aliphatic rings. The molecule has 12 nitrogen and oxygen atoms in total. The number of hydrogen-bond acceptors (Lipinski definition) is 10. The van der Waals surface area contributed by atoms with E-state index in [4.69, 9.17) is 19.2 Å². The highest BCUT2D eigenvalue weighted by Crippen LogP contribution is 2.36. The average Bonchev–Trinajstić information content (AvgIpc) is 3.68. The maximum absolute atomic E-state index is 13.0. The molecular formula is C24H16N6O6S. The molecule has 1 amide bonds. The molecule has 184 valence electrons. The number of methoxy groups -OCH3 is 1. The normalized spacial score (nSPS) is 12.0. The Kier molecular flexibility index (Phi) is 5.38. The fourth-order valence-electron chi connectivity index (χ4n) is 3.80. The topological polar surface area (TPSA) is 144 Å². The molecule has 5 aromatic rings. The Morgan fingerprint density at radius 1 is 1.11 bits per heavy atom. The number of ether oxygens (including phenoxy) is 3. The fraction of sp³-hybridized carbons (Fsp3) is 0.0833. The van der Waals surface area contributed by atoms with Crippen LogP contribution < -0.4 is 19.5 Å². The first-order chi connectivity index (χ1) is 18.0. The SMILES string of the molecule is COc1ccc(-n2ncc3c(NC(=O)c4ccc([N+](=O)[O-])s4)nc(-c4ccc5c(c4)OCO5)nc32)cc1. The van der Waals surface area contributed by atoms with Crippen molar-refractivity contribution in [2.24, 2.45) is 0 Å². The summed E-state index contributed by atoms with van der Waals surface area (Å²) in [7, 11) is 1.58. The number of aromatic nitrogens is 4. The van der Waals surface area contributed by atoms with Crippen LogP contribution in [-0.4, -0.2) is 44.5 Å². The highest BCUT2D eigenvalue weighted by molar-refractivity contribution is 7.17. The zero-order chi connectivity index (χ0) is 25.5. The van der Waals surface area contributed by atoms with Crippen LogP contribution in [0.3, 0.4) is 0 Å². The summed E-state index contributed by atoms with van der Waals surface area (Å²) in [6, 6.07) is 15.3. The second-order valence-corrected chi connectivity index (χ2v) is 8.87. The summed E-state index contributed by atoms with van der Waals surface area (Å²) in [6.07, 6.45) is 1.55. The number of nitrogens with one attached hydrogen (secondary N) is 1. The third-order valence-corrected chi connectivity index (χ3v) is 6.64. The van der Waals surface area contributed by atoms with E-state index in [0.29, 0.717) is 39.7 Å². The number of nitrogens with zero attached hydrogens (tertiary/aromatic N) is 5. The number of hydrogen-bond donors (Lipinski definition) is 1. The highest BCUT2D eigenvalue weighted by atomic mass is 32.1. The van der Waals surface area contributed by atoms with Gasteiger partial charge in [0.15, 0.2) is 23.0 Å². The van der Waals surface area contributed by atoms with Crippen LogP contribution in [0.5, 0.6) is 17.2 Å². The molecule has 0 atom stereocenters. The lowest BCUT2D eigenvalue weighted by Crippen LogP contribution is -2.12. The quantitative estimate of drug-likeness (QED) is 0.256. The van der Waals surface area contributed by atoms with E-state index in [2.05, 4.69) is 15.4 Å². The van der Waals surface area contributed by atoms with Gasteiger partial charge in [-0.2, -0.15) is 5.10 Å². The molecule has 0 unspecified atom stereocenters. The van der Waals surface area contributed by atoms with Crippen LogP contribution in [0.1, 0.15) is 9.67 Å². The number of benzene rings is 2. The zero-order valence-electron chi connectivity index (χ0n) is 19.1. The Morgan fingerprint density at radius 3 is 2.68 bits per heavy atom. The van der Waals surface area contributed by atoms with Crippen molar-refractivity contribution in [1.82, 2.24) is 19.7 Å². The third kappa shape index (κ3) is 4.06. The van der Waals surface area contributed by atoms with Gasteiger partial charge in [-0.25, -0.2) is 14.6 Å². The Morgan fingerprint density at radius 2 is 1.92 bits per heavy atom. The summed E-state index contributed by atoms with van der Waals surface area (Å²) in [6.45, 7) is 0.122. The van der Waals surface area contributed by atoms with Crippen molar-refractivity contribution < 1.29 is 23.9 Å². The van der Waals surface area contributed by atoms with Gasteiger partial charge >= 0.3 is 5.00 Å². The summed E-state index contributed by atoms with van der Waals surface area (Å²) < 4.78 is 17.8. The predicted octanol–water partition coefficient (Wildman–Crippen LogP) is 4.44. The van der Waals surface area contributed by atoms with Gasteiger partial charge < -0.3 is 19.5 Å². The molecule has 1 N–H and O–H groups in total. The molecule has 0 saturated carbocycles. The first-order valence-corrected chi connectivity index (χ1v) is 11.7. The van der Waals surface area contributed by atoms with Crippen LogP contribution in [0, 0.1) is 10.1 Å².